The van der Waals surface area contributed by atoms with Crippen LogP contribution in [0.4, 0.5) is 0 Å². The van der Waals surface area contributed by atoms with Crippen molar-refractivity contribution in [1.29, 1.82) is 0 Å². The summed E-state index contributed by atoms with van der Waals surface area (Å²) in [7, 11) is 0.595. The van der Waals surface area contributed by atoms with Gasteiger partial charge in [0.25, 0.3) is 0 Å². The van der Waals surface area contributed by atoms with Crippen LogP contribution in [-0.2, 0) is 11.8 Å². The van der Waals surface area contributed by atoms with Crippen LogP contribution in [0.3, 0.4) is 0 Å². The first kappa shape index (κ1) is 13.2. The Morgan fingerprint density at radius 2 is 2.19 bits per heavy atom. The summed E-state index contributed by atoms with van der Waals surface area (Å²) >= 11 is 0. The Hall–Kier alpha value is -0.903. The van der Waals surface area contributed by atoms with Crippen LogP contribution in [0.25, 0.3) is 0 Å². The quantitative estimate of drug-likeness (QED) is 0.735. The van der Waals surface area contributed by atoms with Crippen LogP contribution in [0.2, 0.25) is 19.1 Å². The molecule has 90 valence electrons. The van der Waals surface area contributed by atoms with Crippen LogP contribution in [0.5, 0.6) is 0 Å². The molecule has 0 saturated carbocycles. The van der Waals surface area contributed by atoms with Gasteiger partial charge in [-0.05, 0) is 18.9 Å². The van der Waals surface area contributed by atoms with E-state index in [1.54, 1.807) is 6.92 Å². The predicted octanol–water partition coefficient (Wildman–Crippen LogP) is 1.95. The monoisotopic (exact) mass is 238 g/mol. The third-order valence-corrected chi connectivity index (χ3v) is 6.59. The second kappa shape index (κ2) is 4.95. The Balaban J connectivity index is 2.72. The van der Waals surface area contributed by atoms with E-state index in [2.05, 4.69) is 29.6 Å². The summed E-state index contributed by atoms with van der Waals surface area (Å²) in [6.07, 6.45) is 4.54. The number of ketones is 1. The fourth-order valence-electron chi connectivity index (χ4n) is 2.55. The van der Waals surface area contributed by atoms with Crippen molar-refractivity contribution in [3.63, 3.8) is 0 Å². The lowest BCUT2D eigenvalue weighted by molar-refractivity contribution is -0.117. The predicted molar refractivity (Wildman–Crippen MR) is 69.6 cm³/mol. The van der Waals surface area contributed by atoms with E-state index in [9.17, 15) is 4.79 Å². The summed E-state index contributed by atoms with van der Waals surface area (Å²) in [5.41, 5.74) is 0. The maximum atomic E-state index is 11.1. The van der Waals surface area contributed by atoms with E-state index in [1.807, 2.05) is 19.6 Å². The average molecular weight is 238 g/mol. The van der Waals surface area contributed by atoms with Gasteiger partial charge in [0.1, 0.15) is 13.9 Å². The third kappa shape index (κ3) is 3.30. The summed E-state index contributed by atoms with van der Waals surface area (Å²) in [5, 5.41) is 1.36. The molecule has 0 N–H and O–H groups in total. The molecule has 0 aromatic carbocycles. The SMILES string of the molecule is CC(=O)CC(C)C[Si](C)(C)c1cncn1C. The lowest BCUT2D eigenvalue weighted by Gasteiger charge is -2.25. The molecule has 1 atom stereocenters. The summed E-state index contributed by atoms with van der Waals surface area (Å²) in [5.74, 6) is 0.774. The van der Waals surface area contributed by atoms with Crippen molar-refractivity contribution in [3.8, 4) is 0 Å². The van der Waals surface area contributed by atoms with E-state index in [0.717, 1.165) is 6.04 Å². The number of rotatable bonds is 5. The van der Waals surface area contributed by atoms with Crippen molar-refractivity contribution in [2.75, 3.05) is 0 Å². The highest BCUT2D eigenvalue weighted by Gasteiger charge is 2.28. The van der Waals surface area contributed by atoms with E-state index in [1.165, 1.54) is 5.32 Å². The summed E-state index contributed by atoms with van der Waals surface area (Å²) < 4.78 is 2.12. The normalized spacial score (nSPS) is 13.8. The molecule has 1 aromatic rings. The van der Waals surface area contributed by atoms with E-state index < -0.39 is 8.07 Å². The van der Waals surface area contributed by atoms with Gasteiger partial charge in [-0.3, -0.25) is 0 Å². The molecule has 0 fully saturated rings. The van der Waals surface area contributed by atoms with Crippen molar-refractivity contribution in [2.45, 2.75) is 39.4 Å². The van der Waals surface area contributed by atoms with Gasteiger partial charge in [0, 0.05) is 25.0 Å². The molecule has 1 heterocycles. The molecule has 1 aromatic heterocycles. The molecule has 0 bridgehead atoms. The number of Topliss-reactive ketones (excluding diaryl/α,β-unsaturated/α-hetero) is 1. The molecule has 0 aliphatic rings. The summed E-state index contributed by atoms with van der Waals surface area (Å²) in [6, 6.07) is 1.14. The zero-order chi connectivity index (χ0) is 12.3. The molecule has 0 amide bonds. The van der Waals surface area contributed by atoms with E-state index in [0.29, 0.717) is 18.1 Å². The van der Waals surface area contributed by atoms with Gasteiger partial charge >= 0.3 is 0 Å². The second-order valence-corrected chi connectivity index (χ2v) is 10.2. The molecule has 0 saturated heterocycles. The Labute approximate surface area is 98.9 Å². The fraction of sp³-hybridized carbons (Fsp3) is 0.667. The molecule has 0 radical (unpaired) electrons. The van der Waals surface area contributed by atoms with Gasteiger partial charge in [-0.25, -0.2) is 4.98 Å². The lowest BCUT2D eigenvalue weighted by Crippen LogP contribution is -2.46. The minimum atomic E-state index is -1.45. The highest BCUT2D eigenvalue weighted by atomic mass is 28.3. The minimum absolute atomic E-state index is 0.294. The molecule has 3 nitrogen and oxygen atoms in total. The Kier molecular flexibility index (Phi) is 4.07. The van der Waals surface area contributed by atoms with Gasteiger partial charge in [0.05, 0.1) is 6.33 Å². The first-order chi connectivity index (χ1) is 7.33. The molecular weight excluding hydrogens is 216 g/mol. The van der Waals surface area contributed by atoms with Crippen LogP contribution < -0.4 is 5.32 Å². The number of carbonyl (C=O) groups is 1. The molecular formula is C12H22N2OSi. The van der Waals surface area contributed by atoms with E-state index in [4.69, 9.17) is 0 Å². The smallest absolute Gasteiger partial charge is 0.130 e. The zero-order valence-corrected chi connectivity index (χ0v) is 11.9. The Morgan fingerprint density at radius 3 is 2.62 bits per heavy atom. The Bertz CT molecular complexity index is 371. The van der Waals surface area contributed by atoms with Gasteiger partial charge in [-0.2, -0.15) is 0 Å². The van der Waals surface area contributed by atoms with Crippen molar-refractivity contribution < 1.29 is 4.79 Å². The number of nitrogens with zero attached hydrogens (tertiary/aromatic N) is 2. The van der Waals surface area contributed by atoms with Gasteiger partial charge in [0.15, 0.2) is 0 Å². The zero-order valence-electron chi connectivity index (χ0n) is 10.9. The Morgan fingerprint density at radius 1 is 1.56 bits per heavy atom. The number of aromatic nitrogens is 2. The molecule has 0 aliphatic heterocycles. The first-order valence-electron chi connectivity index (χ1n) is 5.79. The van der Waals surface area contributed by atoms with Gasteiger partial charge < -0.3 is 9.36 Å². The standard InChI is InChI=1S/C12H22N2OSi/c1-10(6-11(2)15)8-16(4,5)12-7-13-9-14(12)3/h7,9-10H,6,8H2,1-5H3. The number of hydrogen-bond acceptors (Lipinski definition) is 2. The number of imidazole rings is 1. The third-order valence-electron chi connectivity index (χ3n) is 3.00. The molecule has 1 rings (SSSR count). The van der Waals surface area contributed by atoms with Crippen LogP contribution in [-0.4, -0.2) is 23.4 Å². The van der Waals surface area contributed by atoms with E-state index >= 15 is 0 Å². The van der Waals surface area contributed by atoms with Crippen LogP contribution in [0.15, 0.2) is 12.5 Å². The summed E-state index contributed by atoms with van der Waals surface area (Å²) in [6.45, 7) is 8.54. The second-order valence-electron chi connectivity index (χ2n) is 5.49. The molecule has 4 heteroatoms. The van der Waals surface area contributed by atoms with Crippen molar-refractivity contribution in [1.82, 2.24) is 9.55 Å². The highest BCUT2D eigenvalue weighted by molar-refractivity contribution is 6.89. The molecule has 0 aliphatic carbocycles. The van der Waals surface area contributed by atoms with Gasteiger partial charge in [0.2, 0.25) is 0 Å². The van der Waals surface area contributed by atoms with Crippen molar-refractivity contribution >= 4 is 19.2 Å². The van der Waals surface area contributed by atoms with Gasteiger partial charge in [-0.1, -0.05) is 20.0 Å². The first-order valence-corrected chi connectivity index (χ1v) is 9.00. The van der Waals surface area contributed by atoms with Crippen molar-refractivity contribution in [2.24, 2.45) is 13.0 Å². The van der Waals surface area contributed by atoms with E-state index in [-0.39, 0.29) is 0 Å². The molecule has 16 heavy (non-hydrogen) atoms. The van der Waals surface area contributed by atoms with Crippen LogP contribution in [0.1, 0.15) is 20.3 Å². The maximum Gasteiger partial charge on any atom is 0.130 e. The number of carbonyl (C=O) groups excluding carboxylic acids is 1. The average Bonchev–Trinajstić information content (AvgIpc) is 2.48. The minimum Gasteiger partial charge on any atom is -0.342 e. The van der Waals surface area contributed by atoms with Crippen LogP contribution >= 0.6 is 0 Å². The number of aryl methyl sites for hydroxylation is 1. The van der Waals surface area contributed by atoms with Gasteiger partial charge in [-0.15, -0.1) is 0 Å². The van der Waals surface area contributed by atoms with Crippen molar-refractivity contribution in [3.05, 3.63) is 12.5 Å². The highest BCUT2D eigenvalue weighted by Crippen LogP contribution is 2.19. The molecule has 1 unspecified atom stereocenters. The molecule has 0 spiro atoms. The largest absolute Gasteiger partial charge is 0.342 e. The fourth-order valence-corrected chi connectivity index (χ4v) is 6.08. The number of hydrogen-bond donors (Lipinski definition) is 0. The topological polar surface area (TPSA) is 34.9 Å². The maximum absolute atomic E-state index is 11.1. The lowest BCUT2D eigenvalue weighted by atomic mass is 10.1. The van der Waals surface area contributed by atoms with Crippen LogP contribution in [0, 0.1) is 5.92 Å². The summed E-state index contributed by atoms with van der Waals surface area (Å²) in [4.78, 5) is 15.3.